The fourth-order valence-electron chi connectivity index (χ4n) is 2.21. The van der Waals surface area contributed by atoms with Gasteiger partial charge in [-0.15, -0.1) is 0 Å². The van der Waals surface area contributed by atoms with Crippen molar-refractivity contribution in [2.24, 2.45) is 0 Å². The predicted molar refractivity (Wildman–Crippen MR) is 65.3 cm³/mol. The largest absolute Gasteiger partial charge is 0.396 e. The molecule has 0 bridgehead atoms. The lowest BCUT2D eigenvalue weighted by atomic mass is 10.2. The summed E-state index contributed by atoms with van der Waals surface area (Å²) in [6.45, 7) is 4.98. The van der Waals surface area contributed by atoms with Crippen LogP contribution >= 0.6 is 0 Å². The number of likely N-dealkylation sites (N-methyl/N-ethyl adjacent to an activating group) is 1. The van der Waals surface area contributed by atoms with Crippen LogP contribution in [0.1, 0.15) is 6.92 Å². The Balaban J connectivity index is 1.96. The Hall–Kier alpha value is -1.56. The van der Waals surface area contributed by atoms with Crippen LogP contribution < -0.4 is 5.73 Å². The summed E-state index contributed by atoms with van der Waals surface area (Å²) in [5.41, 5.74) is 6.15. The van der Waals surface area contributed by atoms with Crippen molar-refractivity contribution in [1.82, 2.24) is 19.6 Å². The number of nitrogens with zero attached hydrogens (tertiary/aromatic N) is 4. The topological polar surface area (TPSA) is 67.4 Å². The van der Waals surface area contributed by atoms with Gasteiger partial charge in [-0.3, -0.25) is 9.48 Å². The van der Waals surface area contributed by atoms with Crippen molar-refractivity contribution in [2.45, 2.75) is 19.5 Å². The lowest BCUT2D eigenvalue weighted by Crippen LogP contribution is -2.53. The summed E-state index contributed by atoms with van der Waals surface area (Å²) in [5, 5.41) is 4.02. The number of carbonyl (C=O) groups is 1. The van der Waals surface area contributed by atoms with Crippen LogP contribution in [0.4, 0.5) is 5.69 Å². The summed E-state index contributed by atoms with van der Waals surface area (Å²) >= 11 is 0. The van der Waals surface area contributed by atoms with E-state index in [9.17, 15) is 4.79 Å². The van der Waals surface area contributed by atoms with E-state index in [0.717, 1.165) is 19.6 Å². The first kappa shape index (κ1) is 11.9. The van der Waals surface area contributed by atoms with Gasteiger partial charge in [0.15, 0.2) is 0 Å². The fraction of sp³-hybridized carbons (Fsp3) is 0.636. The first-order chi connectivity index (χ1) is 8.06. The fourth-order valence-corrected chi connectivity index (χ4v) is 2.21. The monoisotopic (exact) mass is 237 g/mol. The molecular formula is C11H19N5O. The second-order valence-electron chi connectivity index (χ2n) is 4.67. The molecule has 1 saturated heterocycles. The van der Waals surface area contributed by atoms with Gasteiger partial charge in [0, 0.05) is 31.9 Å². The number of piperazine rings is 1. The molecule has 1 fully saturated rings. The number of hydrogen-bond acceptors (Lipinski definition) is 4. The number of amides is 1. The Morgan fingerprint density at radius 3 is 2.94 bits per heavy atom. The Kier molecular flexibility index (Phi) is 3.33. The SMILES string of the molecule is CC1CN(C)CCN1C(=O)Cn1cc(N)cn1. The number of carbonyl (C=O) groups excluding carboxylic acids is 1. The van der Waals surface area contributed by atoms with E-state index in [0.29, 0.717) is 5.69 Å². The molecule has 1 aromatic heterocycles. The molecule has 2 heterocycles. The summed E-state index contributed by atoms with van der Waals surface area (Å²) in [6.07, 6.45) is 3.24. The zero-order chi connectivity index (χ0) is 12.4. The average molecular weight is 237 g/mol. The van der Waals surface area contributed by atoms with Crippen LogP contribution in [0.15, 0.2) is 12.4 Å². The molecule has 0 aliphatic carbocycles. The van der Waals surface area contributed by atoms with Gasteiger partial charge in [0.05, 0.1) is 11.9 Å². The molecule has 1 aliphatic heterocycles. The normalized spacial score (nSPS) is 21.8. The zero-order valence-electron chi connectivity index (χ0n) is 10.3. The summed E-state index contributed by atoms with van der Waals surface area (Å²) in [4.78, 5) is 16.3. The Morgan fingerprint density at radius 1 is 1.59 bits per heavy atom. The molecule has 1 aliphatic rings. The van der Waals surface area contributed by atoms with Crippen molar-refractivity contribution in [3.63, 3.8) is 0 Å². The number of hydrogen-bond donors (Lipinski definition) is 1. The molecule has 6 heteroatoms. The van der Waals surface area contributed by atoms with E-state index in [4.69, 9.17) is 5.73 Å². The molecule has 1 atom stereocenters. The second kappa shape index (κ2) is 4.75. The third-order valence-electron chi connectivity index (χ3n) is 3.10. The molecule has 94 valence electrons. The second-order valence-corrected chi connectivity index (χ2v) is 4.67. The summed E-state index contributed by atoms with van der Waals surface area (Å²) in [7, 11) is 2.08. The third kappa shape index (κ3) is 2.76. The van der Waals surface area contributed by atoms with Crippen LogP contribution in [0.5, 0.6) is 0 Å². The van der Waals surface area contributed by atoms with Gasteiger partial charge in [-0.05, 0) is 14.0 Å². The molecule has 0 aromatic carbocycles. The van der Waals surface area contributed by atoms with Gasteiger partial charge in [-0.2, -0.15) is 5.10 Å². The summed E-state index contributed by atoms with van der Waals surface area (Å²) in [5.74, 6) is 0.105. The maximum atomic E-state index is 12.1. The van der Waals surface area contributed by atoms with E-state index in [2.05, 4.69) is 24.0 Å². The minimum atomic E-state index is 0.105. The molecule has 6 nitrogen and oxygen atoms in total. The van der Waals surface area contributed by atoms with Crippen LogP contribution in [0.2, 0.25) is 0 Å². The van der Waals surface area contributed by atoms with E-state index in [-0.39, 0.29) is 18.5 Å². The number of nitrogens with two attached hydrogens (primary N) is 1. The lowest BCUT2D eigenvalue weighted by molar-refractivity contribution is -0.136. The third-order valence-corrected chi connectivity index (χ3v) is 3.10. The quantitative estimate of drug-likeness (QED) is 0.762. The maximum Gasteiger partial charge on any atom is 0.244 e. The smallest absolute Gasteiger partial charge is 0.244 e. The molecule has 1 unspecified atom stereocenters. The number of aromatic nitrogens is 2. The highest BCUT2D eigenvalue weighted by atomic mass is 16.2. The molecule has 1 aromatic rings. The first-order valence-corrected chi connectivity index (χ1v) is 5.82. The molecule has 0 radical (unpaired) electrons. The van der Waals surface area contributed by atoms with Crippen LogP contribution in [-0.2, 0) is 11.3 Å². The summed E-state index contributed by atoms with van der Waals surface area (Å²) in [6, 6.07) is 0.258. The maximum absolute atomic E-state index is 12.1. The van der Waals surface area contributed by atoms with E-state index in [1.54, 1.807) is 17.1 Å². The Labute approximate surface area is 101 Å². The van der Waals surface area contributed by atoms with Crippen molar-refractivity contribution < 1.29 is 4.79 Å². The average Bonchev–Trinajstić information content (AvgIpc) is 2.63. The van der Waals surface area contributed by atoms with Crippen molar-refractivity contribution in [1.29, 1.82) is 0 Å². The van der Waals surface area contributed by atoms with Gasteiger partial charge >= 0.3 is 0 Å². The Bertz CT molecular complexity index is 402. The van der Waals surface area contributed by atoms with Gasteiger partial charge in [0.1, 0.15) is 6.54 Å². The highest BCUT2D eigenvalue weighted by Gasteiger charge is 2.25. The molecule has 0 saturated carbocycles. The highest BCUT2D eigenvalue weighted by molar-refractivity contribution is 5.76. The molecular weight excluding hydrogens is 218 g/mol. The van der Waals surface area contributed by atoms with Gasteiger partial charge in [0.2, 0.25) is 5.91 Å². The van der Waals surface area contributed by atoms with Crippen molar-refractivity contribution in [2.75, 3.05) is 32.4 Å². The first-order valence-electron chi connectivity index (χ1n) is 5.82. The highest BCUT2D eigenvalue weighted by Crippen LogP contribution is 2.09. The minimum absolute atomic E-state index is 0.105. The van der Waals surface area contributed by atoms with E-state index < -0.39 is 0 Å². The van der Waals surface area contributed by atoms with Crippen molar-refractivity contribution >= 4 is 11.6 Å². The number of nitrogen functional groups attached to an aromatic ring is 1. The van der Waals surface area contributed by atoms with Gasteiger partial charge < -0.3 is 15.5 Å². The molecule has 1 amide bonds. The van der Waals surface area contributed by atoms with Gasteiger partial charge in [-0.1, -0.05) is 0 Å². The lowest BCUT2D eigenvalue weighted by Gasteiger charge is -2.38. The van der Waals surface area contributed by atoms with E-state index in [1.165, 1.54) is 0 Å². The zero-order valence-corrected chi connectivity index (χ0v) is 10.3. The van der Waals surface area contributed by atoms with Crippen LogP contribution in [-0.4, -0.2) is 58.2 Å². The predicted octanol–water partition coefficient (Wildman–Crippen LogP) is -0.372. The molecule has 2 N–H and O–H groups in total. The molecule has 17 heavy (non-hydrogen) atoms. The molecule has 0 spiro atoms. The van der Waals surface area contributed by atoms with E-state index in [1.807, 2.05) is 4.90 Å². The minimum Gasteiger partial charge on any atom is -0.396 e. The van der Waals surface area contributed by atoms with Crippen molar-refractivity contribution in [3.05, 3.63) is 12.4 Å². The number of anilines is 1. The van der Waals surface area contributed by atoms with Crippen LogP contribution in [0.25, 0.3) is 0 Å². The van der Waals surface area contributed by atoms with Crippen molar-refractivity contribution in [3.8, 4) is 0 Å². The number of rotatable bonds is 2. The van der Waals surface area contributed by atoms with Crippen LogP contribution in [0.3, 0.4) is 0 Å². The Morgan fingerprint density at radius 2 is 2.35 bits per heavy atom. The standard InChI is InChI=1S/C11H19N5O/c1-9-6-14(2)3-4-16(9)11(17)8-15-7-10(12)5-13-15/h5,7,9H,3-4,6,8,12H2,1-2H3. The summed E-state index contributed by atoms with van der Waals surface area (Å²) < 4.78 is 1.59. The van der Waals surface area contributed by atoms with E-state index >= 15 is 0 Å². The molecule has 2 rings (SSSR count). The van der Waals surface area contributed by atoms with Gasteiger partial charge in [-0.25, -0.2) is 0 Å². The van der Waals surface area contributed by atoms with Gasteiger partial charge in [0.25, 0.3) is 0 Å². The van der Waals surface area contributed by atoms with Crippen LogP contribution in [0, 0.1) is 0 Å².